The molecule has 29 heavy (non-hydrogen) atoms. The van der Waals surface area contributed by atoms with Crippen molar-refractivity contribution in [1.29, 1.82) is 0 Å². The van der Waals surface area contributed by atoms with E-state index in [1.165, 1.54) is 11.3 Å². The number of hydrogen-bond donors (Lipinski definition) is 2. The Labute approximate surface area is 169 Å². The number of amides is 4. The molecule has 2 unspecified atom stereocenters. The van der Waals surface area contributed by atoms with Crippen molar-refractivity contribution in [3.05, 3.63) is 23.8 Å². The second-order valence-corrected chi connectivity index (χ2v) is 8.09. The number of rotatable bonds is 6. The molecule has 0 bridgehead atoms. The van der Waals surface area contributed by atoms with Gasteiger partial charge in [-0.15, -0.1) is 0 Å². The SMILES string of the molecule is CC1CCCCC1NC(=O)CC[C@@H]1NC(=O)N(Cc2ccc3c(c2)OCO3)C1=O. The molecule has 1 aromatic carbocycles. The summed E-state index contributed by atoms with van der Waals surface area (Å²) >= 11 is 0. The maximum absolute atomic E-state index is 12.7. The molecule has 1 aliphatic carbocycles. The molecule has 8 heteroatoms. The Morgan fingerprint density at radius 3 is 2.83 bits per heavy atom. The van der Waals surface area contributed by atoms with Crippen molar-refractivity contribution < 1.29 is 23.9 Å². The minimum atomic E-state index is -0.661. The van der Waals surface area contributed by atoms with Crippen LogP contribution in [0.4, 0.5) is 4.79 Å². The van der Waals surface area contributed by atoms with Crippen molar-refractivity contribution in [2.24, 2.45) is 5.92 Å². The average Bonchev–Trinajstić information content (AvgIpc) is 3.27. The number of hydrogen-bond acceptors (Lipinski definition) is 5. The average molecular weight is 401 g/mol. The molecule has 2 aliphatic heterocycles. The highest BCUT2D eigenvalue weighted by Crippen LogP contribution is 2.33. The number of nitrogens with zero attached hydrogens (tertiary/aromatic N) is 1. The van der Waals surface area contributed by atoms with E-state index in [2.05, 4.69) is 17.6 Å². The zero-order chi connectivity index (χ0) is 20.4. The molecule has 0 radical (unpaired) electrons. The first-order valence-electron chi connectivity index (χ1n) is 10.3. The number of urea groups is 1. The van der Waals surface area contributed by atoms with E-state index in [-0.39, 0.29) is 37.6 Å². The van der Waals surface area contributed by atoms with E-state index >= 15 is 0 Å². The lowest BCUT2D eigenvalue weighted by Gasteiger charge is -2.29. The Bertz CT molecular complexity index is 812. The summed E-state index contributed by atoms with van der Waals surface area (Å²) < 4.78 is 10.6. The van der Waals surface area contributed by atoms with Gasteiger partial charge in [0.15, 0.2) is 11.5 Å². The molecular formula is C21H27N3O5. The van der Waals surface area contributed by atoms with Crippen LogP contribution in [0.5, 0.6) is 11.5 Å². The lowest BCUT2D eigenvalue weighted by Crippen LogP contribution is -2.41. The minimum absolute atomic E-state index is 0.0555. The van der Waals surface area contributed by atoms with Crippen LogP contribution in [0.15, 0.2) is 18.2 Å². The van der Waals surface area contributed by atoms with Gasteiger partial charge in [0.05, 0.1) is 6.54 Å². The molecule has 3 atom stereocenters. The molecule has 2 N–H and O–H groups in total. The fourth-order valence-corrected chi connectivity index (χ4v) is 4.23. The van der Waals surface area contributed by atoms with Gasteiger partial charge in [-0.2, -0.15) is 0 Å². The van der Waals surface area contributed by atoms with Gasteiger partial charge in [-0.3, -0.25) is 14.5 Å². The third-order valence-corrected chi connectivity index (χ3v) is 6.00. The van der Waals surface area contributed by atoms with Crippen LogP contribution in [0.2, 0.25) is 0 Å². The summed E-state index contributed by atoms with van der Waals surface area (Å²) in [6.07, 6.45) is 5.02. The van der Waals surface area contributed by atoms with Crippen LogP contribution in [0.1, 0.15) is 51.0 Å². The fourth-order valence-electron chi connectivity index (χ4n) is 4.23. The second-order valence-electron chi connectivity index (χ2n) is 8.09. The summed E-state index contributed by atoms with van der Waals surface area (Å²) in [6, 6.07) is 4.47. The Morgan fingerprint density at radius 1 is 1.21 bits per heavy atom. The highest BCUT2D eigenvalue weighted by Gasteiger charge is 2.38. The van der Waals surface area contributed by atoms with E-state index < -0.39 is 12.1 Å². The topological polar surface area (TPSA) is 97.0 Å². The smallest absolute Gasteiger partial charge is 0.325 e. The van der Waals surface area contributed by atoms with Crippen LogP contribution in [-0.4, -0.2) is 41.6 Å². The van der Waals surface area contributed by atoms with Gasteiger partial charge in [-0.1, -0.05) is 25.8 Å². The van der Waals surface area contributed by atoms with E-state index in [4.69, 9.17) is 9.47 Å². The van der Waals surface area contributed by atoms with Crippen molar-refractivity contribution >= 4 is 17.8 Å². The van der Waals surface area contributed by atoms with Gasteiger partial charge in [0, 0.05) is 12.5 Å². The largest absolute Gasteiger partial charge is 0.454 e. The van der Waals surface area contributed by atoms with Crippen LogP contribution in [-0.2, 0) is 16.1 Å². The number of carbonyl (C=O) groups is 3. The van der Waals surface area contributed by atoms with Gasteiger partial charge in [-0.25, -0.2) is 4.79 Å². The maximum Gasteiger partial charge on any atom is 0.325 e. The van der Waals surface area contributed by atoms with Crippen molar-refractivity contribution in [3.8, 4) is 11.5 Å². The predicted molar refractivity (Wildman–Crippen MR) is 104 cm³/mol. The molecule has 1 saturated carbocycles. The van der Waals surface area contributed by atoms with Gasteiger partial charge in [0.1, 0.15) is 6.04 Å². The molecule has 0 spiro atoms. The number of benzene rings is 1. The molecule has 156 valence electrons. The molecule has 3 aliphatic rings. The summed E-state index contributed by atoms with van der Waals surface area (Å²) in [4.78, 5) is 38.4. The van der Waals surface area contributed by atoms with Crippen LogP contribution >= 0.6 is 0 Å². The normalized spacial score (nSPS) is 25.8. The van der Waals surface area contributed by atoms with Gasteiger partial charge in [0.2, 0.25) is 12.7 Å². The zero-order valence-corrected chi connectivity index (χ0v) is 16.6. The number of ether oxygens (including phenoxy) is 2. The number of carbonyl (C=O) groups excluding carboxylic acids is 3. The van der Waals surface area contributed by atoms with E-state index in [9.17, 15) is 14.4 Å². The van der Waals surface area contributed by atoms with Crippen LogP contribution in [0.25, 0.3) is 0 Å². The van der Waals surface area contributed by atoms with Crippen molar-refractivity contribution in [3.63, 3.8) is 0 Å². The molecule has 4 amide bonds. The number of fused-ring (bicyclic) bond motifs is 1. The second kappa shape index (κ2) is 8.31. The number of nitrogens with one attached hydrogen (secondary N) is 2. The monoisotopic (exact) mass is 401 g/mol. The Kier molecular flexibility index (Phi) is 5.60. The Morgan fingerprint density at radius 2 is 2.00 bits per heavy atom. The number of imide groups is 1. The summed E-state index contributed by atoms with van der Waals surface area (Å²) in [7, 11) is 0. The van der Waals surface area contributed by atoms with E-state index in [0.29, 0.717) is 23.8 Å². The van der Waals surface area contributed by atoms with Crippen molar-refractivity contribution in [1.82, 2.24) is 15.5 Å². The summed E-state index contributed by atoms with van der Waals surface area (Å²) in [6.45, 7) is 2.49. The van der Waals surface area contributed by atoms with Crippen LogP contribution in [0.3, 0.4) is 0 Å². The Hall–Kier alpha value is -2.77. The third-order valence-electron chi connectivity index (χ3n) is 6.00. The van der Waals surface area contributed by atoms with Gasteiger partial charge >= 0.3 is 6.03 Å². The van der Waals surface area contributed by atoms with E-state index in [0.717, 1.165) is 24.8 Å². The van der Waals surface area contributed by atoms with Crippen molar-refractivity contribution in [2.75, 3.05) is 6.79 Å². The molecule has 8 nitrogen and oxygen atoms in total. The van der Waals surface area contributed by atoms with Gasteiger partial charge in [-0.05, 0) is 42.9 Å². The molecule has 1 saturated heterocycles. The first kappa shape index (κ1) is 19.5. The van der Waals surface area contributed by atoms with Crippen LogP contribution in [0, 0.1) is 5.92 Å². The molecule has 2 heterocycles. The first-order chi connectivity index (χ1) is 14.0. The molecule has 4 rings (SSSR count). The standard InChI is InChI=1S/C21H27N3O5/c1-13-4-2-3-5-15(13)22-19(25)9-7-16-20(26)24(21(27)23-16)11-14-6-8-17-18(10-14)29-12-28-17/h6,8,10,13,15-16H,2-5,7,9,11-12H2,1H3,(H,22,25)(H,23,27)/t13?,15?,16-/m0/s1. The molecule has 1 aromatic rings. The van der Waals surface area contributed by atoms with Gasteiger partial charge < -0.3 is 20.1 Å². The summed E-state index contributed by atoms with van der Waals surface area (Å²) in [5.41, 5.74) is 0.780. The predicted octanol–water partition coefficient (Wildman–Crippen LogP) is 2.31. The van der Waals surface area contributed by atoms with E-state index in [1.54, 1.807) is 18.2 Å². The highest BCUT2D eigenvalue weighted by molar-refractivity contribution is 6.04. The third kappa shape index (κ3) is 4.31. The highest BCUT2D eigenvalue weighted by atomic mass is 16.7. The summed E-state index contributed by atoms with van der Waals surface area (Å²) in [5, 5.41) is 5.79. The zero-order valence-electron chi connectivity index (χ0n) is 16.6. The fraction of sp³-hybridized carbons (Fsp3) is 0.571. The van der Waals surface area contributed by atoms with Crippen LogP contribution < -0.4 is 20.1 Å². The van der Waals surface area contributed by atoms with Crippen molar-refractivity contribution in [2.45, 2.75) is 64.1 Å². The molecule has 0 aromatic heterocycles. The summed E-state index contributed by atoms with van der Waals surface area (Å²) in [5.74, 6) is 1.39. The van der Waals surface area contributed by atoms with Gasteiger partial charge in [0.25, 0.3) is 5.91 Å². The first-order valence-corrected chi connectivity index (χ1v) is 10.3. The quantitative estimate of drug-likeness (QED) is 0.713. The Balaban J connectivity index is 1.29. The lowest BCUT2D eigenvalue weighted by molar-refractivity contribution is -0.128. The molecule has 2 fully saturated rings. The molecular weight excluding hydrogens is 374 g/mol. The lowest BCUT2D eigenvalue weighted by atomic mass is 9.86. The maximum atomic E-state index is 12.7. The van der Waals surface area contributed by atoms with E-state index in [1.807, 2.05) is 0 Å². The minimum Gasteiger partial charge on any atom is -0.454 e.